The van der Waals surface area contributed by atoms with Crippen LogP contribution in [0.2, 0.25) is 0 Å². The molecule has 130 valence electrons. The van der Waals surface area contributed by atoms with Gasteiger partial charge in [-0.05, 0) is 31.5 Å². The van der Waals surface area contributed by atoms with Crippen molar-refractivity contribution in [2.24, 2.45) is 0 Å². The SMILES string of the molecule is CCn1cc(-c2cccc(C(=O)N(C)Cc3nccn3CC)c2)cn1. The van der Waals surface area contributed by atoms with Gasteiger partial charge in [0.15, 0.2) is 0 Å². The molecule has 1 amide bonds. The number of benzene rings is 1. The highest BCUT2D eigenvalue weighted by Crippen LogP contribution is 2.20. The largest absolute Gasteiger partial charge is 0.334 e. The Balaban J connectivity index is 1.78. The molecule has 25 heavy (non-hydrogen) atoms. The third-order valence-electron chi connectivity index (χ3n) is 4.27. The van der Waals surface area contributed by atoms with Gasteiger partial charge < -0.3 is 9.47 Å². The molecular weight excluding hydrogens is 314 g/mol. The van der Waals surface area contributed by atoms with Crippen molar-refractivity contribution in [3.05, 3.63) is 60.4 Å². The highest BCUT2D eigenvalue weighted by Gasteiger charge is 2.15. The molecule has 2 aromatic heterocycles. The number of aryl methyl sites for hydroxylation is 2. The molecule has 0 unspecified atom stereocenters. The summed E-state index contributed by atoms with van der Waals surface area (Å²) in [6.45, 7) is 6.26. The van der Waals surface area contributed by atoms with E-state index >= 15 is 0 Å². The minimum atomic E-state index is -0.0182. The van der Waals surface area contributed by atoms with Gasteiger partial charge in [-0.3, -0.25) is 9.48 Å². The van der Waals surface area contributed by atoms with E-state index in [4.69, 9.17) is 0 Å². The number of hydrogen-bond donors (Lipinski definition) is 0. The molecule has 3 aromatic rings. The summed E-state index contributed by atoms with van der Waals surface area (Å²) in [5, 5.41) is 4.30. The van der Waals surface area contributed by atoms with E-state index in [9.17, 15) is 4.79 Å². The molecule has 0 aliphatic heterocycles. The molecule has 0 N–H and O–H groups in total. The van der Waals surface area contributed by atoms with Gasteiger partial charge in [0.25, 0.3) is 5.91 Å². The van der Waals surface area contributed by atoms with Crippen LogP contribution in [0.25, 0.3) is 11.1 Å². The van der Waals surface area contributed by atoms with Crippen LogP contribution in [-0.2, 0) is 19.6 Å². The first kappa shape index (κ1) is 17.0. The molecule has 6 heteroatoms. The predicted molar refractivity (Wildman–Crippen MR) is 97.0 cm³/mol. The average molecular weight is 337 g/mol. The number of rotatable bonds is 6. The average Bonchev–Trinajstić information content (AvgIpc) is 3.30. The Kier molecular flexibility index (Phi) is 4.97. The third-order valence-corrected chi connectivity index (χ3v) is 4.27. The van der Waals surface area contributed by atoms with Crippen LogP contribution in [0.3, 0.4) is 0 Å². The molecule has 1 aromatic carbocycles. The smallest absolute Gasteiger partial charge is 0.254 e. The zero-order chi connectivity index (χ0) is 17.8. The molecular formula is C19H23N5O. The first-order valence-corrected chi connectivity index (χ1v) is 8.50. The van der Waals surface area contributed by atoms with Gasteiger partial charge in [0.1, 0.15) is 5.82 Å². The topological polar surface area (TPSA) is 56.0 Å². The van der Waals surface area contributed by atoms with Crippen molar-refractivity contribution in [1.29, 1.82) is 0 Å². The van der Waals surface area contributed by atoms with Crippen LogP contribution in [0.4, 0.5) is 0 Å². The van der Waals surface area contributed by atoms with Gasteiger partial charge >= 0.3 is 0 Å². The van der Waals surface area contributed by atoms with Crippen molar-refractivity contribution < 1.29 is 4.79 Å². The number of carbonyl (C=O) groups excluding carboxylic acids is 1. The monoisotopic (exact) mass is 337 g/mol. The molecule has 6 nitrogen and oxygen atoms in total. The van der Waals surface area contributed by atoms with E-state index in [0.29, 0.717) is 12.1 Å². The van der Waals surface area contributed by atoms with E-state index in [-0.39, 0.29) is 5.91 Å². The van der Waals surface area contributed by atoms with Crippen LogP contribution in [0.1, 0.15) is 30.0 Å². The molecule has 3 rings (SSSR count). The van der Waals surface area contributed by atoms with E-state index in [1.807, 2.05) is 59.0 Å². The highest BCUT2D eigenvalue weighted by atomic mass is 16.2. The Bertz CT molecular complexity index is 864. The molecule has 0 radical (unpaired) electrons. The summed E-state index contributed by atoms with van der Waals surface area (Å²) in [6, 6.07) is 7.67. The number of amides is 1. The molecule has 0 saturated carbocycles. The molecule has 0 aliphatic carbocycles. The van der Waals surface area contributed by atoms with E-state index < -0.39 is 0 Å². The lowest BCUT2D eigenvalue weighted by Gasteiger charge is -2.18. The van der Waals surface area contributed by atoms with Crippen LogP contribution in [0, 0.1) is 0 Å². The quantitative estimate of drug-likeness (QED) is 0.695. The highest BCUT2D eigenvalue weighted by molar-refractivity contribution is 5.95. The minimum absolute atomic E-state index is 0.0182. The number of nitrogens with zero attached hydrogens (tertiary/aromatic N) is 5. The first-order chi connectivity index (χ1) is 12.1. The summed E-state index contributed by atoms with van der Waals surface area (Å²) in [7, 11) is 1.80. The van der Waals surface area contributed by atoms with Crippen LogP contribution >= 0.6 is 0 Å². The fraction of sp³-hybridized carbons (Fsp3) is 0.316. The molecule has 0 spiro atoms. The number of hydrogen-bond acceptors (Lipinski definition) is 3. The Labute approximate surface area is 147 Å². The zero-order valence-electron chi connectivity index (χ0n) is 14.9. The Morgan fingerprint density at radius 1 is 1.20 bits per heavy atom. The van der Waals surface area contributed by atoms with Crippen LogP contribution in [-0.4, -0.2) is 37.2 Å². The molecule has 0 atom stereocenters. The van der Waals surface area contributed by atoms with Crippen molar-refractivity contribution in [3.63, 3.8) is 0 Å². The molecule has 0 aliphatic rings. The summed E-state index contributed by atoms with van der Waals surface area (Å²) in [5.74, 6) is 0.870. The maximum absolute atomic E-state index is 12.8. The first-order valence-electron chi connectivity index (χ1n) is 8.50. The fourth-order valence-electron chi connectivity index (χ4n) is 2.80. The standard InChI is InChI=1S/C19H23N5O/c1-4-23-10-9-20-18(23)14-22(3)19(25)16-8-6-7-15(11-16)17-12-21-24(5-2)13-17/h6-13H,4-5,14H2,1-3H3. The van der Waals surface area contributed by atoms with Crippen LogP contribution < -0.4 is 0 Å². The Morgan fingerprint density at radius 3 is 2.76 bits per heavy atom. The van der Waals surface area contributed by atoms with Crippen molar-refractivity contribution in [1.82, 2.24) is 24.2 Å². The molecule has 0 fully saturated rings. The van der Waals surface area contributed by atoms with Crippen molar-refractivity contribution in [3.8, 4) is 11.1 Å². The lowest BCUT2D eigenvalue weighted by Crippen LogP contribution is -2.27. The normalized spacial score (nSPS) is 10.8. The van der Waals surface area contributed by atoms with Gasteiger partial charge in [0.2, 0.25) is 0 Å². The van der Waals surface area contributed by atoms with Crippen molar-refractivity contribution in [2.75, 3.05) is 7.05 Å². The van der Waals surface area contributed by atoms with Crippen LogP contribution in [0.15, 0.2) is 49.1 Å². The summed E-state index contributed by atoms with van der Waals surface area (Å²) >= 11 is 0. The summed E-state index contributed by atoms with van der Waals surface area (Å²) in [4.78, 5) is 18.8. The second kappa shape index (κ2) is 7.34. The fourth-order valence-corrected chi connectivity index (χ4v) is 2.80. The van der Waals surface area contributed by atoms with Gasteiger partial charge in [-0.25, -0.2) is 4.98 Å². The van der Waals surface area contributed by atoms with E-state index in [2.05, 4.69) is 17.0 Å². The number of aromatic nitrogens is 4. The van der Waals surface area contributed by atoms with Crippen molar-refractivity contribution in [2.45, 2.75) is 33.5 Å². The lowest BCUT2D eigenvalue weighted by atomic mass is 10.1. The second-order valence-corrected chi connectivity index (χ2v) is 5.96. The maximum Gasteiger partial charge on any atom is 0.254 e. The third kappa shape index (κ3) is 3.63. The van der Waals surface area contributed by atoms with Gasteiger partial charge in [0, 0.05) is 49.9 Å². The Hall–Kier alpha value is -2.89. The lowest BCUT2D eigenvalue weighted by molar-refractivity contribution is 0.0780. The number of imidazole rings is 1. The van der Waals surface area contributed by atoms with Gasteiger partial charge in [0.05, 0.1) is 12.7 Å². The summed E-state index contributed by atoms with van der Waals surface area (Å²) in [6.07, 6.45) is 7.52. The second-order valence-electron chi connectivity index (χ2n) is 5.96. The summed E-state index contributed by atoms with van der Waals surface area (Å²) < 4.78 is 3.92. The zero-order valence-corrected chi connectivity index (χ0v) is 14.9. The summed E-state index contributed by atoms with van der Waals surface area (Å²) in [5.41, 5.74) is 2.67. The predicted octanol–water partition coefficient (Wildman–Crippen LogP) is 3.06. The minimum Gasteiger partial charge on any atom is -0.334 e. The molecule has 0 saturated heterocycles. The molecule has 2 heterocycles. The van der Waals surface area contributed by atoms with E-state index in [1.165, 1.54) is 0 Å². The van der Waals surface area contributed by atoms with Gasteiger partial charge in [-0.1, -0.05) is 12.1 Å². The van der Waals surface area contributed by atoms with E-state index in [0.717, 1.165) is 30.0 Å². The Morgan fingerprint density at radius 2 is 2.04 bits per heavy atom. The maximum atomic E-state index is 12.8. The van der Waals surface area contributed by atoms with Crippen LogP contribution in [0.5, 0.6) is 0 Å². The van der Waals surface area contributed by atoms with Gasteiger partial charge in [-0.15, -0.1) is 0 Å². The van der Waals surface area contributed by atoms with Crippen molar-refractivity contribution >= 4 is 5.91 Å². The van der Waals surface area contributed by atoms with E-state index in [1.54, 1.807) is 18.1 Å². The van der Waals surface area contributed by atoms with Gasteiger partial charge in [-0.2, -0.15) is 5.10 Å². The molecule has 0 bridgehead atoms. The number of carbonyl (C=O) groups is 1.